The summed E-state index contributed by atoms with van der Waals surface area (Å²) in [6, 6.07) is 7.34. The van der Waals surface area contributed by atoms with Crippen molar-refractivity contribution < 1.29 is 8.42 Å². The number of sulfonamides is 1. The Balaban J connectivity index is 2.17. The lowest BCUT2D eigenvalue weighted by molar-refractivity contribution is 0.347. The van der Waals surface area contributed by atoms with Gasteiger partial charge in [-0.3, -0.25) is 4.98 Å². The van der Waals surface area contributed by atoms with Crippen LogP contribution in [0.5, 0.6) is 0 Å². The van der Waals surface area contributed by atoms with Crippen molar-refractivity contribution in [1.82, 2.24) is 9.29 Å². The second-order valence-corrected chi connectivity index (χ2v) is 8.08. The molecule has 1 saturated heterocycles. The third-order valence-corrected chi connectivity index (χ3v) is 6.27. The van der Waals surface area contributed by atoms with Crippen LogP contribution in [0.4, 0.5) is 0 Å². The number of nitrogens with zero attached hydrogens (tertiary/aromatic N) is 2. The second kappa shape index (κ2) is 5.97. The summed E-state index contributed by atoms with van der Waals surface area (Å²) in [6.45, 7) is 5.44. The van der Waals surface area contributed by atoms with E-state index in [0.717, 1.165) is 35.7 Å². The van der Waals surface area contributed by atoms with E-state index in [2.05, 4.69) is 18.8 Å². The van der Waals surface area contributed by atoms with Crippen molar-refractivity contribution in [2.75, 3.05) is 13.1 Å². The molecule has 1 aromatic heterocycles. The maximum atomic E-state index is 13.0. The van der Waals surface area contributed by atoms with Gasteiger partial charge in [-0.05, 0) is 42.5 Å². The van der Waals surface area contributed by atoms with Gasteiger partial charge in [-0.15, -0.1) is 0 Å². The Hall–Kier alpha value is -1.46. The average molecular weight is 318 g/mol. The third-order valence-electron chi connectivity index (χ3n) is 4.32. The highest BCUT2D eigenvalue weighted by Crippen LogP contribution is 2.31. The van der Waals surface area contributed by atoms with E-state index in [1.165, 1.54) is 0 Å². The summed E-state index contributed by atoms with van der Waals surface area (Å²) < 4.78 is 27.6. The highest BCUT2D eigenvalue weighted by atomic mass is 32.2. The Morgan fingerprint density at radius 3 is 2.50 bits per heavy atom. The first-order chi connectivity index (χ1) is 10.5. The quantitative estimate of drug-likeness (QED) is 0.870. The highest BCUT2D eigenvalue weighted by Gasteiger charge is 2.28. The topological polar surface area (TPSA) is 50.3 Å². The van der Waals surface area contributed by atoms with Crippen molar-refractivity contribution in [3.63, 3.8) is 0 Å². The first-order valence-corrected chi connectivity index (χ1v) is 9.33. The molecule has 0 radical (unpaired) electrons. The molecule has 0 atom stereocenters. The van der Waals surface area contributed by atoms with E-state index in [0.29, 0.717) is 23.9 Å². The number of benzene rings is 1. The van der Waals surface area contributed by atoms with E-state index >= 15 is 0 Å². The molecular weight excluding hydrogens is 296 g/mol. The largest absolute Gasteiger partial charge is 0.256 e. The molecule has 0 bridgehead atoms. The Bertz CT molecular complexity index is 778. The van der Waals surface area contributed by atoms with E-state index < -0.39 is 10.0 Å². The molecule has 1 fully saturated rings. The minimum Gasteiger partial charge on any atom is -0.256 e. The van der Waals surface area contributed by atoms with Crippen LogP contribution >= 0.6 is 0 Å². The Morgan fingerprint density at radius 1 is 1.09 bits per heavy atom. The van der Waals surface area contributed by atoms with Gasteiger partial charge >= 0.3 is 0 Å². The molecule has 0 amide bonds. The number of fused-ring (bicyclic) bond motifs is 1. The van der Waals surface area contributed by atoms with E-state index in [4.69, 9.17) is 0 Å². The van der Waals surface area contributed by atoms with Gasteiger partial charge in [0.05, 0.1) is 10.4 Å². The van der Waals surface area contributed by atoms with E-state index in [1.807, 2.05) is 18.2 Å². The maximum absolute atomic E-state index is 13.0. The molecule has 3 rings (SSSR count). The molecule has 0 spiro atoms. The molecule has 118 valence electrons. The number of hydrogen-bond acceptors (Lipinski definition) is 3. The molecule has 4 nitrogen and oxygen atoms in total. The molecule has 5 heteroatoms. The summed E-state index contributed by atoms with van der Waals surface area (Å²) in [7, 11) is -3.44. The molecule has 1 aromatic carbocycles. The Labute approximate surface area is 132 Å². The van der Waals surface area contributed by atoms with Gasteiger partial charge in [0.25, 0.3) is 0 Å². The van der Waals surface area contributed by atoms with Crippen molar-refractivity contribution in [3.05, 3.63) is 36.0 Å². The summed E-state index contributed by atoms with van der Waals surface area (Å²) in [5.74, 6) is 0.309. The van der Waals surface area contributed by atoms with Gasteiger partial charge < -0.3 is 0 Å². The summed E-state index contributed by atoms with van der Waals surface area (Å²) in [5, 5.41) is 0.735. The second-order valence-electron chi connectivity index (χ2n) is 6.17. The van der Waals surface area contributed by atoms with Crippen molar-refractivity contribution in [2.45, 2.75) is 43.9 Å². The van der Waals surface area contributed by atoms with Gasteiger partial charge in [-0.1, -0.05) is 26.3 Å². The maximum Gasteiger partial charge on any atom is 0.243 e. The van der Waals surface area contributed by atoms with Crippen molar-refractivity contribution in [1.29, 1.82) is 0 Å². The molecule has 0 aliphatic carbocycles. The molecular formula is C17H22N2O2S. The summed E-state index contributed by atoms with van der Waals surface area (Å²) >= 11 is 0. The van der Waals surface area contributed by atoms with Crippen molar-refractivity contribution >= 4 is 20.9 Å². The fraction of sp³-hybridized carbons (Fsp3) is 0.471. The van der Waals surface area contributed by atoms with Crippen molar-refractivity contribution in [3.8, 4) is 0 Å². The van der Waals surface area contributed by atoms with Crippen molar-refractivity contribution in [2.24, 2.45) is 0 Å². The highest BCUT2D eigenvalue weighted by molar-refractivity contribution is 7.89. The molecule has 1 aliphatic rings. The molecule has 0 N–H and O–H groups in total. The molecule has 0 unspecified atom stereocenters. The number of pyridine rings is 1. The van der Waals surface area contributed by atoms with Crippen LogP contribution in [0.2, 0.25) is 0 Å². The Morgan fingerprint density at radius 2 is 1.82 bits per heavy atom. The number of piperidine rings is 1. The minimum atomic E-state index is -3.44. The SMILES string of the molecule is CC(C)c1ccc(S(=O)(=O)N2CCCCC2)c2cccnc12. The molecule has 2 aromatic rings. The number of aromatic nitrogens is 1. The van der Waals surface area contributed by atoms with Crippen LogP contribution in [-0.4, -0.2) is 30.8 Å². The number of hydrogen-bond donors (Lipinski definition) is 0. The van der Waals surface area contributed by atoms with Crippen LogP contribution < -0.4 is 0 Å². The van der Waals surface area contributed by atoms with Crippen LogP contribution in [0.15, 0.2) is 35.4 Å². The van der Waals surface area contributed by atoms with Gasteiger partial charge in [0.2, 0.25) is 10.0 Å². The first kappa shape index (κ1) is 15.4. The minimum absolute atomic E-state index is 0.309. The van der Waals surface area contributed by atoms with Gasteiger partial charge in [0.1, 0.15) is 0 Å². The van der Waals surface area contributed by atoms with Gasteiger partial charge in [0.15, 0.2) is 0 Å². The van der Waals surface area contributed by atoms with E-state index in [9.17, 15) is 8.42 Å². The lowest BCUT2D eigenvalue weighted by Crippen LogP contribution is -2.35. The van der Waals surface area contributed by atoms with Crippen LogP contribution in [0.1, 0.15) is 44.6 Å². The van der Waals surface area contributed by atoms with Crippen LogP contribution in [-0.2, 0) is 10.0 Å². The zero-order valence-corrected chi connectivity index (χ0v) is 13.9. The fourth-order valence-corrected chi connectivity index (χ4v) is 4.80. The smallest absolute Gasteiger partial charge is 0.243 e. The predicted molar refractivity (Wildman–Crippen MR) is 88.4 cm³/mol. The lowest BCUT2D eigenvalue weighted by Gasteiger charge is -2.26. The van der Waals surface area contributed by atoms with Gasteiger partial charge in [0, 0.05) is 24.7 Å². The average Bonchev–Trinajstić information content (AvgIpc) is 2.54. The molecule has 22 heavy (non-hydrogen) atoms. The lowest BCUT2D eigenvalue weighted by atomic mass is 10.00. The normalized spacial score (nSPS) is 17.2. The predicted octanol–water partition coefficient (Wildman–Crippen LogP) is 3.53. The van der Waals surface area contributed by atoms with E-state index in [-0.39, 0.29) is 0 Å². The van der Waals surface area contributed by atoms with E-state index in [1.54, 1.807) is 16.6 Å². The van der Waals surface area contributed by atoms with Crippen LogP contribution in [0.25, 0.3) is 10.9 Å². The molecule has 2 heterocycles. The summed E-state index contributed by atoms with van der Waals surface area (Å²) in [4.78, 5) is 4.83. The zero-order valence-electron chi connectivity index (χ0n) is 13.1. The molecule has 1 aliphatic heterocycles. The monoisotopic (exact) mass is 318 g/mol. The van der Waals surface area contributed by atoms with Crippen LogP contribution in [0, 0.1) is 0 Å². The first-order valence-electron chi connectivity index (χ1n) is 7.89. The fourth-order valence-electron chi connectivity index (χ4n) is 3.10. The number of rotatable bonds is 3. The molecule has 0 saturated carbocycles. The standard InChI is InChI=1S/C17H22N2O2S/c1-13(2)14-8-9-16(15-7-6-10-18-17(14)15)22(20,21)19-11-4-3-5-12-19/h6-10,13H,3-5,11-12H2,1-2H3. The van der Waals surface area contributed by atoms with Crippen LogP contribution in [0.3, 0.4) is 0 Å². The summed E-state index contributed by atoms with van der Waals surface area (Å²) in [6.07, 6.45) is 4.73. The summed E-state index contributed by atoms with van der Waals surface area (Å²) in [5.41, 5.74) is 1.89. The zero-order chi connectivity index (χ0) is 15.7. The van der Waals surface area contributed by atoms with Gasteiger partial charge in [-0.25, -0.2) is 8.42 Å². The third kappa shape index (κ3) is 2.63. The van der Waals surface area contributed by atoms with Gasteiger partial charge in [-0.2, -0.15) is 4.31 Å². The Kier molecular flexibility index (Phi) is 4.19.